The van der Waals surface area contributed by atoms with Crippen molar-refractivity contribution < 1.29 is 23.1 Å². The largest absolute Gasteiger partial charge is 0.399 e. The van der Waals surface area contributed by atoms with Crippen LogP contribution in [0, 0.1) is 12.8 Å². The minimum absolute atomic E-state index is 0.0293. The smallest absolute Gasteiger partial charge is 0.253 e. The van der Waals surface area contributed by atoms with Gasteiger partial charge in [0.1, 0.15) is 6.04 Å². The van der Waals surface area contributed by atoms with Gasteiger partial charge in [-0.3, -0.25) is 14.6 Å². The molecule has 2 amide bonds. The van der Waals surface area contributed by atoms with Crippen LogP contribution in [0.4, 0.5) is 5.69 Å². The highest BCUT2D eigenvalue weighted by molar-refractivity contribution is 7.89. The Balaban J connectivity index is 1.49. The van der Waals surface area contributed by atoms with Gasteiger partial charge in [0.25, 0.3) is 5.91 Å². The molecule has 2 atom stereocenters. The minimum atomic E-state index is -3.89. The van der Waals surface area contributed by atoms with Gasteiger partial charge in [0.05, 0.1) is 17.1 Å². The quantitative estimate of drug-likeness (QED) is 0.0911. The van der Waals surface area contributed by atoms with Crippen molar-refractivity contribution in [2.45, 2.75) is 62.9 Å². The van der Waals surface area contributed by atoms with Crippen molar-refractivity contribution in [3.05, 3.63) is 126 Å². The van der Waals surface area contributed by atoms with E-state index in [1.54, 1.807) is 37.4 Å². The lowest BCUT2D eigenvalue weighted by atomic mass is 9.84. The van der Waals surface area contributed by atoms with Crippen LogP contribution in [0.2, 0.25) is 0 Å². The number of anilines is 1. The molecule has 3 aromatic carbocycles. The number of pyridine rings is 1. The standard InChI is InChI=1S/C38H47N5O5S/c1-27(2)25-43(49(47,48)33-21-19-31(39)20-22-33)32(26-44)17-10-11-23-41-38(46)36(42-37(45)34-18-12-24-40-28(34)3)35(29-13-6-4-7-14-29)30-15-8-5-9-16-30/h4-9,12-16,18-22,24,27,32,35-36,44H,10-11,17,23,25-26,39H2,1-3H3,(H,41,46)(H,42,45)/t32-,36-/m0/s1. The Bertz CT molecular complexity index is 1710. The fourth-order valence-electron chi connectivity index (χ4n) is 5.87. The summed E-state index contributed by atoms with van der Waals surface area (Å²) in [6, 6.07) is 27.0. The molecule has 5 N–H and O–H groups in total. The number of benzene rings is 3. The van der Waals surface area contributed by atoms with Crippen molar-refractivity contribution in [3.8, 4) is 0 Å². The molecule has 1 heterocycles. The van der Waals surface area contributed by atoms with Gasteiger partial charge in [0, 0.05) is 42.6 Å². The lowest BCUT2D eigenvalue weighted by molar-refractivity contribution is -0.123. The predicted molar refractivity (Wildman–Crippen MR) is 192 cm³/mol. The van der Waals surface area contributed by atoms with Gasteiger partial charge in [-0.25, -0.2) is 8.42 Å². The molecule has 0 saturated carbocycles. The zero-order valence-corrected chi connectivity index (χ0v) is 29.1. The van der Waals surface area contributed by atoms with Crippen LogP contribution in [0.15, 0.2) is 108 Å². The molecule has 0 saturated heterocycles. The van der Waals surface area contributed by atoms with Crippen LogP contribution in [-0.2, 0) is 14.8 Å². The molecule has 1 aromatic heterocycles. The number of rotatable bonds is 17. The number of hydrogen-bond acceptors (Lipinski definition) is 7. The Kier molecular flexibility index (Phi) is 13.5. The van der Waals surface area contributed by atoms with Crippen molar-refractivity contribution in [2.24, 2.45) is 5.92 Å². The number of aryl methyl sites for hydroxylation is 1. The van der Waals surface area contributed by atoms with E-state index in [1.807, 2.05) is 74.5 Å². The van der Waals surface area contributed by atoms with Crippen molar-refractivity contribution in [2.75, 3.05) is 25.4 Å². The van der Waals surface area contributed by atoms with Gasteiger partial charge in [-0.15, -0.1) is 0 Å². The maximum absolute atomic E-state index is 14.0. The van der Waals surface area contributed by atoms with E-state index in [1.165, 1.54) is 16.4 Å². The van der Waals surface area contributed by atoms with E-state index in [9.17, 15) is 23.1 Å². The van der Waals surface area contributed by atoms with E-state index >= 15 is 0 Å². The topological polar surface area (TPSA) is 155 Å². The molecule has 10 nitrogen and oxygen atoms in total. The van der Waals surface area contributed by atoms with Gasteiger partial charge in [0.2, 0.25) is 15.9 Å². The lowest BCUT2D eigenvalue weighted by Crippen LogP contribution is -2.50. The molecule has 0 radical (unpaired) electrons. The number of nitrogens with zero attached hydrogens (tertiary/aromatic N) is 2. The fourth-order valence-corrected chi connectivity index (χ4v) is 7.68. The summed E-state index contributed by atoms with van der Waals surface area (Å²) in [6.45, 7) is 5.80. The first-order valence-corrected chi connectivity index (χ1v) is 18.0. The van der Waals surface area contributed by atoms with Gasteiger partial charge in [-0.2, -0.15) is 4.31 Å². The van der Waals surface area contributed by atoms with Crippen LogP contribution in [0.3, 0.4) is 0 Å². The number of carbonyl (C=O) groups excluding carboxylic acids is 2. The van der Waals surface area contributed by atoms with E-state index in [2.05, 4.69) is 15.6 Å². The highest BCUT2D eigenvalue weighted by Gasteiger charge is 2.34. The summed E-state index contributed by atoms with van der Waals surface area (Å²) in [5.41, 5.74) is 8.92. The van der Waals surface area contributed by atoms with E-state index < -0.39 is 33.9 Å². The van der Waals surface area contributed by atoms with Crippen LogP contribution in [0.1, 0.15) is 66.2 Å². The maximum atomic E-state index is 14.0. The molecule has 0 aliphatic rings. The number of aliphatic hydroxyl groups excluding tert-OH is 1. The van der Waals surface area contributed by atoms with E-state index in [4.69, 9.17) is 5.73 Å². The summed E-state index contributed by atoms with van der Waals surface area (Å²) < 4.78 is 28.6. The molecule has 0 aliphatic heterocycles. The minimum Gasteiger partial charge on any atom is -0.399 e. The number of sulfonamides is 1. The number of nitrogens with two attached hydrogens (primary N) is 1. The number of aliphatic hydroxyl groups is 1. The van der Waals surface area contributed by atoms with Gasteiger partial charge in [-0.1, -0.05) is 80.9 Å². The van der Waals surface area contributed by atoms with Crippen LogP contribution in [-0.4, -0.2) is 66.4 Å². The van der Waals surface area contributed by atoms with E-state index in [-0.39, 0.29) is 29.9 Å². The van der Waals surface area contributed by atoms with Gasteiger partial charge >= 0.3 is 0 Å². The first-order valence-electron chi connectivity index (χ1n) is 16.6. The summed E-state index contributed by atoms with van der Waals surface area (Å²) in [4.78, 5) is 31.9. The molecule has 260 valence electrons. The van der Waals surface area contributed by atoms with Crippen molar-refractivity contribution in [1.82, 2.24) is 19.9 Å². The Labute approximate surface area is 289 Å². The Morgan fingerprint density at radius 3 is 2.04 bits per heavy atom. The normalized spacial score (nSPS) is 13.0. The van der Waals surface area contributed by atoms with Crippen LogP contribution < -0.4 is 16.4 Å². The lowest BCUT2D eigenvalue weighted by Gasteiger charge is -2.31. The number of aromatic nitrogens is 1. The Hall–Kier alpha value is -4.58. The summed E-state index contributed by atoms with van der Waals surface area (Å²) in [7, 11) is -3.89. The highest BCUT2D eigenvalue weighted by Crippen LogP contribution is 2.29. The summed E-state index contributed by atoms with van der Waals surface area (Å²) in [5, 5.41) is 16.3. The number of unbranched alkanes of at least 4 members (excludes halogenated alkanes) is 1. The number of amides is 2. The molecule has 0 spiro atoms. The SMILES string of the molecule is Cc1ncccc1C(=O)N[C@H](C(=O)NCCCC[C@@H](CO)N(CC(C)C)S(=O)(=O)c1ccc(N)cc1)C(c1ccccc1)c1ccccc1. The number of carbonyl (C=O) groups is 2. The van der Waals surface area contributed by atoms with Crippen LogP contribution >= 0.6 is 0 Å². The highest BCUT2D eigenvalue weighted by atomic mass is 32.2. The Morgan fingerprint density at radius 2 is 1.49 bits per heavy atom. The molecule has 0 unspecified atom stereocenters. The first kappa shape index (κ1) is 37.2. The third kappa shape index (κ3) is 9.97. The van der Waals surface area contributed by atoms with Crippen molar-refractivity contribution in [1.29, 1.82) is 0 Å². The van der Waals surface area contributed by atoms with Gasteiger partial charge < -0.3 is 21.5 Å². The summed E-state index contributed by atoms with van der Waals surface area (Å²) in [5.74, 6) is -1.20. The second kappa shape index (κ2) is 17.7. The molecular formula is C38H47N5O5S. The zero-order valence-electron chi connectivity index (χ0n) is 28.3. The predicted octanol–water partition coefficient (Wildman–Crippen LogP) is 4.90. The molecule has 49 heavy (non-hydrogen) atoms. The van der Waals surface area contributed by atoms with E-state index in [0.717, 1.165) is 11.1 Å². The molecular weight excluding hydrogens is 639 g/mol. The van der Waals surface area contributed by atoms with Crippen molar-refractivity contribution in [3.63, 3.8) is 0 Å². The first-order chi connectivity index (χ1) is 23.5. The molecule has 0 aliphatic carbocycles. The maximum Gasteiger partial charge on any atom is 0.253 e. The van der Waals surface area contributed by atoms with Crippen molar-refractivity contribution >= 4 is 27.5 Å². The third-order valence-electron chi connectivity index (χ3n) is 8.38. The molecule has 11 heteroatoms. The van der Waals surface area contributed by atoms with E-state index in [0.29, 0.717) is 42.8 Å². The monoisotopic (exact) mass is 685 g/mol. The second-order valence-corrected chi connectivity index (χ2v) is 14.4. The zero-order chi connectivity index (χ0) is 35.4. The average Bonchev–Trinajstić information content (AvgIpc) is 3.10. The number of nitrogen functional groups attached to an aromatic ring is 1. The molecule has 0 fully saturated rings. The third-order valence-corrected chi connectivity index (χ3v) is 10.3. The van der Waals surface area contributed by atoms with Crippen LogP contribution in [0.5, 0.6) is 0 Å². The molecule has 0 bridgehead atoms. The summed E-state index contributed by atoms with van der Waals surface area (Å²) in [6.07, 6.45) is 3.08. The van der Waals surface area contributed by atoms with Gasteiger partial charge in [-0.05, 0) is 73.2 Å². The number of nitrogens with one attached hydrogen (secondary N) is 2. The van der Waals surface area contributed by atoms with Gasteiger partial charge in [0.15, 0.2) is 0 Å². The average molecular weight is 686 g/mol. The summed E-state index contributed by atoms with van der Waals surface area (Å²) >= 11 is 0. The number of hydrogen-bond donors (Lipinski definition) is 4. The molecule has 4 aromatic rings. The second-order valence-electron chi connectivity index (χ2n) is 12.5. The van der Waals surface area contributed by atoms with Crippen LogP contribution in [0.25, 0.3) is 0 Å². The Morgan fingerprint density at radius 1 is 0.878 bits per heavy atom. The molecule has 4 rings (SSSR count). The fraction of sp³-hybridized carbons (Fsp3) is 0.342.